The Hall–Kier alpha value is -1.61. The van der Waals surface area contributed by atoms with Gasteiger partial charge in [-0.25, -0.2) is 4.98 Å². The second kappa shape index (κ2) is 5.36. The average Bonchev–Trinajstić information content (AvgIpc) is 2.77. The van der Waals surface area contributed by atoms with Crippen LogP contribution in [0.1, 0.15) is 42.8 Å². The predicted octanol–water partition coefficient (Wildman–Crippen LogP) is 3.01. The molecule has 1 atom stereocenters. The van der Waals surface area contributed by atoms with Crippen molar-refractivity contribution in [3.63, 3.8) is 0 Å². The Morgan fingerprint density at radius 3 is 2.67 bits per heavy atom. The van der Waals surface area contributed by atoms with E-state index in [0.717, 1.165) is 12.4 Å². The van der Waals surface area contributed by atoms with Gasteiger partial charge in [-0.3, -0.25) is 0 Å². The third kappa shape index (κ3) is 2.62. The molecule has 0 radical (unpaired) electrons. The topological polar surface area (TPSA) is 43.8 Å². The molecular formula is C15H21N3. The molecular weight excluding hydrogens is 222 g/mol. The zero-order valence-corrected chi connectivity index (χ0v) is 11.3. The van der Waals surface area contributed by atoms with Gasteiger partial charge in [0.15, 0.2) is 0 Å². The number of benzene rings is 1. The lowest BCUT2D eigenvalue weighted by Gasteiger charge is -2.18. The number of aromatic nitrogens is 2. The van der Waals surface area contributed by atoms with Gasteiger partial charge in [0.25, 0.3) is 0 Å². The summed E-state index contributed by atoms with van der Waals surface area (Å²) >= 11 is 0. The molecule has 3 nitrogen and oxygen atoms in total. The zero-order valence-electron chi connectivity index (χ0n) is 11.3. The average molecular weight is 243 g/mol. The molecule has 0 amide bonds. The summed E-state index contributed by atoms with van der Waals surface area (Å²) in [6.07, 6.45) is 3.85. The maximum atomic E-state index is 6.31. The number of hydrogen-bond donors (Lipinski definition) is 1. The summed E-state index contributed by atoms with van der Waals surface area (Å²) in [4.78, 5) is 4.39. The molecule has 0 aliphatic rings. The molecule has 1 aromatic heterocycles. The van der Waals surface area contributed by atoms with Crippen LogP contribution < -0.4 is 5.73 Å². The van der Waals surface area contributed by atoms with Crippen molar-refractivity contribution in [2.75, 3.05) is 0 Å². The first-order chi connectivity index (χ1) is 8.59. The molecule has 2 aromatic rings. The molecule has 1 aromatic carbocycles. The Labute approximate surface area is 109 Å². The molecule has 0 saturated carbocycles. The molecule has 0 spiro atoms. The van der Waals surface area contributed by atoms with E-state index in [4.69, 9.17) is 5.73 Å². The Morgan fingerprint density at radius 2 is 2.00 bits per heavy atom. The lowest BCUT2D eigenvalue weighted by molar-refractivity contribution is 0.540. The Bertz CT molecular complexity index is 514. The van der Waals surface area contributed by atoms with E-state index in [1.807, 2.05) is 24.5 Å². The highest BCUT2D eigenvalue weighted by molar-refractivity contribution is 5.28. The fraction of sp³-hybridized carbons (Fsp3) is 0.400. The van der Waals surface area contributed by atoms with Gasteiger partial charge in [-0.1, -0.05) is 38.1 Å². The summed E-state index contributed by atoms with van der Waals surface area (Å²) in [6.45, 7) is 7.18. The monoisotopic (exact) mass is 243 g/mol. The molecule has 2 N–H and O–H groups in total. The molecule has 18 heavy (non-hydrogen) atoms. The minimum Gasteiger partial charge on any atom is -0.333 e. The molecule has 1 unspecified atom stereocenters. The van der Waals surface area contributed by atoms with Crippen molar-refractivity contribution < 1.29 is 0 Å². The number of nitrogens with two attached hydrogens (primary N) is 1. The first-order valence-electron chi connectivity index (χ1n) is 6.41. The van der Waals surface area contributed by atoms with E-state index in [-0.39, 0.29) is 6.04 Å². The van der Waals surface area contributed by atoms with Crippen LogP contribution in [0.3, 0.4) is 0 Å². The molecule has 0 bridgehead atoms. The minimum atomic E-state index is 0.0119. The van der Waals surface area contributed by atoms with Crippen LogP contribution in [0.15, 0.2) is 36.7 Å². The standard InChI is InChI=1S/C15H21N3/c1-11(2)15-17-8-9-18(15)10-14(16)13-7-5-4-6-12(13)3/h4-9,11,14H,10,16H2,1-3H3. The third-order valence-electron chi connectivity index (χ3n) is 3.25. The molecule has 0 aliphatic carbocycles. The molecule has 3 heteroatoms. The Balaban J connectivity index is 2.19. The van der Waals surface area contributed by atoms with Crippen molar-refractivity contribution in [3.05, 3.63) is 53.6 Å². The number of imidazole rings is 1. The maximum absolute atomic E-state index is 6.31. The van der Waals surface area contributed by atoms with Crippen molar-refractivity contribution in [1.82, 2.24) is 9.55 Å². The van der Waals surface area contributed by atoms with E-state index < -0.39 is 0 Å². The van der Waals surface area contributed by atoms with Gasteiger partial charge in [0, 0.05) is 30.9 Å². The van der Waals surface area contributed by atoms with Crippen molar-refractivity contribution in [1.29, 1.82) is 0 Å². The van der Waals surface area contributed by atoms with Gasteiger partial charge in [-0.2, -0.15) is 0 Å². The minimum absolute atomic E-state index is 0.0119. The molecule has 96 valence electrons. The quantitative estimate of drug-likeness (QED) is 0.897. The molecule has 0 aliphatic heterocycles. The van der Waals surface area contributed by atoms with E-state index in [1.165, 1.54) is 11.1 Å². The summed E-state index contributed by atoms with van der Waals surface area (Å²) in [7, 11) is 0. The highest BCUT2D eigenvalue weighted by Crippen LogP contribution is 2.19. The molecule has 1 heterocycles. The van der Waals surface area contributed by atoms with E-state index in [2.05, 4.69) is 42.5 Å². The summed E-state index contributed by atoms with van der Waals surface area (Å²) in [6, 6.07) is 8.30. The maximum Gasteiger partial charge on any atom is 0.111 e. The number of hydrogen-bond acceptors (Lipinski definition) is 2. The number of rotatable bonds is 4. The second-order valence-electron chi connectivity index (χ2n) is 5.06. The van der Waals surface area contributed by atoms with E-state index in [9.17, 15) is 0 Å². The fourth-order valence-corrected chi connectivity index (χ4v) is 2.29. The molecule has 0 saturated heterocycles. The Morgan fingerprint density at radius 1 is 1.28 bits per heavy atom. The van der Waals surface area contributed by atoms with Crippen LogP contribution in [0.4, 0.5) is 0 Å². The van der Waals surface area contributed by atoms with Gasteiger partial charge in [-0.05, 0) is 18.1 Å². The third-order valence-corrected chi connectivity index (χ3v) is 3.25. The van der Waals surface area contributed by atoms with E-state index >= 15 is 0 Å². The van der Waals surface area contributed by atoms with Gasteiger partial charge in [0.1, 0.15) is 5.82 Å². The summed E-state index contributed by atoms with van der Waals surface area (Å²) < 4.78 is 2.15. The molecule has 2 rings (SSSR count). The van der Waals surface area contributed by atoms with Crippen molar-refractivity contribution in [3.8, 4) is 0 Å². The largest absolute Gasteiger partial charge is 0.333 e. The number of nitrogens with zero attached hydrogens (tertiary/aromatic N) is 2. The smallest absolute Gasteiger partial charge is 0.111 e. The van der Waals surface area contributed by atoms with E-state index in [1.54, 1.807) is 0 Å². The van der Waals surface area contributed by atoms with Crippen LogP contribution in [-0.2, 0) is 6.54 Å². The highest BCUT2D eigenvalue weighted by Gasteiger charge is 2.13. The van der Waals surface area contributed by atoms with Crippen LogP contribution in [0.2, 0.25) is 0 Å². The van der Waals surface area contributed by atoms with Gasteiger partial charge < -0.3 is 10.3 Å². The number of aryl methyl sites for hydroxylation is 1. The van der Waals surface area contributed by atoms with Gasteiger partial charge >= 0.3 is 0 Å². The Kier molecular flexibility index (Phi) is 3.82. The van der Waals surface area contributed by atoms with Crippen LogP contribution in [0, 0.1) is 6.92 Å². The summed E-state index contributed by atoms with van der Waals surface area (Å²) in [5, 5.41) is 0. The van der Waals surface area contributed by atoms with Crippen molar-refractivity contribution in [2.24, 2.45) is 5.73 Å². The molecule has 0 fully saturated rings. The van der Waals surface area contributed by atoms with Crippen LogP contribution in [-0.4, -0.2) is 9.55 Å². The summed E-state index contributed by atoms with van der Waals surface area (Å²) in [5.41, 5.74) is 8.76. The first kappa shape index (κ1) is 12.8. The van der Waals surface area contributed by atoms with Gasteiger partial charge in [0.05, 0.1) is 0 Å². The predicted molar refractivity (Wildman–Crippen MR) is 74.4 cm³/mol. The lowest BCUT2D eigenvalue weighted by atomic mass is 10.0. The van der Waals surface area contributed by atoms with Crippen LogP contribution >= 0.6 is 0 Å². The van der Waals surface area contributed by atoms with Crippen molar-refractivity contribution >= 4 is 0 Å². The van der Waals surface area contributed by atoms with Crippen LogP contribution in [0.25, 0.3) is 0 Å². The van der Waals surface area contributed by atoms with E-state index in [0.29, 0.717) is 5.92 Å². The van der Waals surface area contributed by atoms with Gasteiger partial charge in [-0.15, -0.1) is 0 Å². The highest BCUT2D eigenvalue weighted by atomic mass is 15.1. The van der Waals surface area contributed by atoms with Crippen LogP contribution in [0.5, 0.6) is 0 Å². The summed E-state index contributed by atoms with van der Waals surface area (Å²) in [5.74, 6) is 1.52. The van der Waals surface area contributed by atoms with Gasteiger partial charge in [0.2, 0.25) is 0 Å². The SMILES string of the molecule is Cc1ccccc1C(N)Cn1ccnc1C(C)C. The first-order valence-corrected chi connectivity index (χ1v) is 6.41. The second-order valence-corrected chi connectivity index (χ2v) is 5.06. The zero-order chi connectivity index (χ0) is 13.1. The normalized spacial score (nSPS) is 12.9. The lowest BCUT2D eigenvalue weighted by Crippen LogP contribution is -2.20. The fourth-order valence-electron chi connectivity index (χ4n) is 2.29. The van der Waals surface area contributed by atoms with Crippen molar-refractivity contribution in [2.45, 2.75) is 39.3 Å².